The Bertz CT molecular complexity index is 364. The van der Waals surface area contributed by atoms with E-state index in [1.165, 1.54) is 12.8 Å². The first kappa shape index (κ1) is 9.46. The minimum Gasteiger partial charge on any atom is -0.391 e. The van der Waals surface area contributed by atoms with E-state index >= 15 is 0 Å². The molecular weight excluding hydrogens is 178 g/mol. The van der Waals surface area contributed by atoms with Gasteiger partial charge in [-0.3, -0.25) is 4.79 Å². The first-order chi connectivity index (χ1) is 6.83. The number of hydrogen-bond acceptors (Lipinski definition) is 2. The Morgan fingerprint density at radius 2 is 2.14 bits per heavy atom. The van der Waals surface area contributed by atoms with Crippen LogP contribution in [-0.2, 0) is 6.61 Å². The minimum absolute atomic E-state index is 0.0260. The molecule has 0 spiro atoms. The Hall–Kier alpha value is -1.09. The fourth-order valence-electron chi connectivity index (χ4n) is 2.15. The lowest BCUT2D eigenvalue weighted by molar-refractivity contribution is 0.278. The normalized spacial score (nSPS) is 17.5. The number of nitrogens with zero attached hydrogens (tertiary/aromatic N) is 1. The van der Waals surface area contributed by atoms with Crippen molar-refractivity contribution < 1.29 is 5.11 Å². The van der Waals surface area contributed by atoms with Gasteiger partial charge in [0.2, 0.25) is 0 Å². The molecule has 1 aliphatic carbocycles. The molecule has 2 rings (SSSR count). The van der Waals surface area contributed by atoms with E-state index in [0.29, 0.717) is 11.6 Å². The van der Waals surface area contributed by atoms with Gasteiger partial charge in [0.25, 0.3) is 5.56 Å². The van der Waals surface area contributed by atoms with Crippen LogP contribution < -0.4 is 5.56 Å². The molecular formula is C11H15NO2. The molecule has 1 saturated carbocycles. The minimum atomic E-state index is -0.160. The maximum atomic E-state index is 11.8. The van der Waals surface area contributed by atoms with E-state index in [0.717, 1.165) is 12.8 Å². The Morgan fingerprint density at radius 1 is 1.43 bits per heavy atom. The van der Waals surface area contributed by atoms with Crippen LogP contribution in [0.2, 0.25) is 0 Å². The highest BCUT2D eigenvalue weighted by molar-refractivity contribution is 5.10. The highest BCUT2D eigenvalue weighted by Gasteiger charge is 2.18. The molecule has 1 fully saturated rings. The molecule has 3 heteroatoms. The van der Waals surface area contributed by atoms with Gasteiger partial charge in [-0.1, -0.05) is 12.8 Å². The lowest BCUT2D eigenvalue weighted by Gasteiger charge is -2.13. The van der Waals surface area contributed by atoms with Crippen molar-refractivity contribution in [3.05, 3.63) is 34.2 Å². The number of hydrogen-bond donors (Lipinski definition) is 1. The number of aliphatic hydroxyl groups excluding tert-OH is 1. The quantitative estimate of drug-likeness (QED) is 0.772. The van der Waals surface area contributed by atoms with E-state index in [-0.39, 0.29) is 12.2 Å². The van der Waals surface area contributed by atoms with Gasteiger partial charge >= 0.3 is 0 Å². The smallest absolute Gasteiger partial charge is 0.256 e. The molecule has 0 aliphatic heterocycles. The van der Waals surface area contributed by atoms with Gasteiger partial charge in [0, 0.05) is 17.8 Å². The second-order valence-electron chi connectivity index (χ2n) is 3.84. The summed E-state index contributed by atoms with van der Waals surface area (Å²) in [5, 5.41) is 8.97. The van der Waals surface area contributed by atoms with Crippen LogP contribution in [0.25, 0.3) is 0 Å². The predicted octanol–water partition coefficient (Wildman–Crippen LogP) is 1.46. The molecule has 0 atom stereocenters. The van der Waals surface area contributed by atoms with Gasteiger partial charge in [-0.2, -0.15) is 0 Å². The molecule has 14 heavy (non-hydrogen) atoms. The molecule has 0 unspecified atom stereocenters. The summed E-state index contributed by atoms with van der Waals surface area (Å²) < 4.78 is 1.78. The zero-order valence-electron chi connectivity index (χ0n) is 8.15. The monoisotopic (exact) mass is 193 g/mol. The zero-order chi connectivity index (χ0) is 9.97. The molecule has 0 radical (unpaired) electrons. The third-order valence-electron chi connectivity index (χ3n) is 2.94. The first-order valence-electron chi connectivity index (χ1n) is 5.14. The molecule has 1 aliphatic rings. The van der Waals surface area contributed by atoms with Crippen LogP contribution in [0.15, 0.2) is 23.1 Å². The van der Waals surface area contributed by atoms with E-state index in [2.05, 4.69) is 0 Å². The van der Waals surface area contributed by atoms with Crippen LogP contribution in [0, 0.1) is 0 Å². The lowest BCUT2D eigenvalue weighted by Crippen LogP contribution is -2.25. The van der Waals surface area contributed by atoms with Crippen molar-refractivity contribution in [2.45, 2.75) is 38.3 Å². The van der Waals surface area contributed by atoms with Crippen LogP contribution in [0.4, 0.5) is 0 Å². The van der Waals surface area contributed by atoms with E-state index in [1.54, 1.807) is 10.6 Å². The second-order valence-corrected chi connectivity index (χ2v) is 3.84. The van der Waals surface area contributed by atoms with Crippen molar-refractivity contribution in [1.29, 1.82) is 0 Å². The van der Waals surface area contributed by atoms with Gasteiger partial charge in [0.05, 0.1) is 6.61 Å². The van der Waals surface area contributed by atoms with E-state index in [9.17, 15) is 4.79 Å². The van der Waals surface area contributed by atoms with Crippen LogP contribution in [0.3, 0.4) is 0 Å². The van der Waals surface area contributed by atoms with Gasteiger partial charge in [0.15, 0.2) is 0 Å². The number of aliphatic hydroxyl groups is 1. The molecule has 1 aromatic heterocycles. The third kappa shape index (κ3) is 1.60. The van der Waals surface area contributed by atoms with Crippen molar-refractivity contribution in [3.8, 4) is 0 Å². The highest BCUT2D eigenvalue weighted by atomic mass is 16.3. The predicted molar refractivity (Wildman–Crippen MR) is 54.1 cm³/mol. The number of pyridine rings is 1. The molecule has 1 aromatic rings. The Balaban J connectivity index is 2.37. The highest BCUT2D eigenvalue weighted by Crippen LogP contribution is 2.27. The second kappa shape index (κ2) is 3.96. The molecule has 0 amide bonds. The largest absolute Gasteiger partial charge is 0.391 e. The summed E-state index contributed by atoms with van der Waals surface area (Å²) in [5.74, 6) is 0. The summed E-state index contributed by atoms with van der Waals surface area (Å²) in [5.41, 5.74) is 0.473. The molecule has 0 aromatic carbocycles. The Kier molecular flexibility index (Phi) is 2.68. The van der Waals surface area contributed by atoms with Gasteiger partial charge in [-0.25, -0.2) is 0 Å². The fourth-order valence-corrected chi connectivity index (χ4v) is 2.15. The van der Waals surface area contributed by atoms with Gasteiger partial charge < -0.3 is 9.67 Å². The molecule has 0 saturated heterocycles. The molecule has 3 nitrogen and oxygen atoms in total. The maximum Gasteiger partial charge on any atom is 0.256 e. The van der Waals surface area contributed by atoms with Crippen LogP contribution in [0.1, 0.15) is 37.3 Å². The van der Waals surface area contributed by atoms with Crippen LogP contribution >= 0.6 is 0 Å². The van der Waals surface area contributed by atoms with Crippen molar-refractivity contribution in [2.75, 3.05) is 0 Å². The average molecular weight is 193 g/mol. The summed E-state index contributed by atoms with van der Waals surface area (Å²) in [4.78, 5) is 11.8. The standard InChI is InChI=1S/C11H15NO2/c13-8-9-4-3-7-12(11(9)14)10-5-1-2-6-10/h3-4,7,10,13H,1-2,5-6,8H2. The Morgan fingerprint density at radius 3 is 2.79 bits per heavy atom. The van der Waals surface area contributed by atoms with E-state index in [4.69, 9.17) is 5.11 Å². The van der Waals surface area contributed by atoms with Crippen molar-refractivity contribution in [1.82, 2.24) is 4.57 Å². The van der Waals surface area contributed by atoms with Crippen molar-refractivity contribution in [2.24, 2.45) is 0 Å². The van der Waals surface area contributed by atoms with Gasteiger partial charge in [-0.15, -0.1) is 0 Å². The summed E-state index contributed by atoms with van der Waals surface area (Å²) in [6, 6.07) is 3.88. The topological polar surface area (TPSA) is 42.2 Å². The average Bonchev–Trinajstić information content (AvgIpc) is 2.71. The fraction of sp³-hybridized carbons (Fsp3) is 0.545. The van der Waals surface area contributed by atoms with Crippen LogP contribution in [-0.4, -0.2) is 9.67 Å². The lowest BCUT2D eigenvalue weighted by atomic mass is 10.2. The molecule has 0 bridgehead atoms. The maximum absolute atomic E-state index is 11.8. The molecule has 1 heterocycles. The molecule has 76 valence electrons. The summed E-state index contributed by atoms with van der Waals surface area (Å²) in [7, 11) is 0. The first-order valence-corrected chi connectivity index (χ1v) is 5.14. The van der Waals surface area contributed by atoms with Crippen molar-refractivity contribution in [3.63, 3.8) is 0 Å². The Labute approximate surface area is 83.0 Å². The summed E-state index contributed by atoms with van der Waals surface area (Å²) in [6.45, 7) is -0.160. The van der Waals surface area contributed by atoms with E-state index in [1.807, 2.05) is 12.3 Å². The number of aromatic nitrogens is 1. The van der Waals surface area contributed by atoms with Gasteiger partial charge in [-0.05, 0) is 25.0 Å². The third-order valence-corrected chi connectivity index (χ3v) is 2.94. The van der Waals surface area contributed by atoms with Gasteiger partial charge in [0.1, 0.15) is 0 Å². The summed E-state index contributed by atoms with van der Waals surface area (Å²) in [6.07, 6.45) is 6.43. The molecule has 1 N–H and O–H groups in total. The zero-order valence-corrected chi connectivity index (χ0v) is 8.15. The SMILES string of the molecule is O=c1c(CO)cccn1C1CCCC1. The summed E-state index contributed by atoms with van der Waals surface area (Å²) >= 11 is 0. The van der Waals surface area contributed by atoms with E-state index < -0.39 is 0 Å². The van der Waals surface area contributed by atoms with Crippen molar-refractivity contribution >= 4 is 0 Å². The van der Waals surface area contributed by atoms with Crippen LogP contribution in [0.5, 0.6) is 0 Å². The number of rotatable bonds is 2.